The van der Waals surface area contributed by atoms with Crippen molar-refractivity contribution in [3.8, 4) is 5.75 Å². The second-order valence-corrected chi connectivity index (χ2v) is 4.84. The van der Waals surface area contributed by atoms with Crippen LogP contribution in [0.15, 0.2) is 41.4 Å². The average Bonchev–Trinajstić information content (AvgIpc) is 2.87. The van der Waals surface area contributed by atoms with Gasteiger partial charge in [-0.05, 0) is 30.7 Å². The molecule has 0 amide bonds. The van der Waals surface area contributed by atoms with Crippen LogP contribution < -0.4 is 4.74 Å². The van der Waals surface area contributed by atoms with Crippen LogP contribution in [0.2, 0.25) is 0 Å². The summed E-state index contributed by atoms with van der Waals surface area (Å²) in [5, 5.41) is 9.06. The Hall–Kier alpha value is -1.82. The largest absolute Gasteiger partial charge is 0.493 e. The zero-order valence-electron chi connectivity index (χ0n) is 11.3. The zero-order valence-corrected chi connectivity index (χ0v) is 11.3. The number of halogens is 3. The van der Waals surface area contributed by atoms with Crippen LogP contribution in [0.5, 0.6) is 5.75 Å². The molecule has 1 aliphatic heterocycles. The van der Waals surface area contributed by atoms with E-state index in [0.717, 1.165) is 12.1 Å². The number of aliphatic hydroxyl groups is 1. The van der Waals surface area contributed by atoms with Gasteiger partial charge in [0.2, 0.25) is 0 Å². The summed E-state index contributed by atoms with van der Waals surface area (Å²) in [6.07, 6.45) is 1.90. The first-order chi connectivity index (χ1) is 9.95. The van der Waals surface area contributed by atoms with E-state index in [4.69, 9.17) is 9.84 Å². The van der Waals surface area contributed by atoms with Crippen LogP contribution in [0, 0.1) is 0 Å². The lowest BCUT2D eigenvalue weighted by Crippen LogP contribution is -2.26. The summed E-state index contributed by atoms with van der Waals surface area (Å²) in [5.74, 6) is 0.176. The Labute approximate surface area is 120 Å². The van der Waals surface area contributed by atoms with Gasteiger partial charge in [-0.25, -0.2) is 0 Å². The predicted molar refractivity (Wildman–Crippen MR) is 73.6 cm³/mol. The molecule has 0 fully saturated rings. The van der Waals surface area contributed by atoms with Gasteiger partial charge in [-0.1, -0.05) is 12.1 Å². The SMILES string of the molecule is OCCC1(CCOc2cccc(C(F)(F)F)c2)C=CC=N1. The summed E-state index contributed by atoms with van der Waals surface area (Å²) in [4.78, 5) is 4.29. The van der Waals surface area contributed by atoms with E-state index >= 15 is 0 Å². The number of rotatable bonds is 6. The number of hydrogen-bond acceptors (Lipinski definition) is 3. The molecule has 1 aromatic carbocycles. The standard InChI is InChI=1S/C15H16F3NO2/c16-15(17,18)12-3-1-4-13(11-12)21-10-7-14(6-9-20)5-2-8-19-14/h1-5,8,11,20H,6-7,9-10H2. The highest BCUT2D eigenvalue weighted by molar-refractivity contribution is 5.75. The van der Waals surface area contributed by atoms with Crippen LogP contribution in [0.1, 0.15) is 18.4 Å². The molecule has 1 aromatic rings. The third-order valence-electron chi connectivity index (χ3n) is 3.33. The van der Waals surface area contributed by atoms with E-state index in [1.807, 2.05) is 6.08 Å². The van der Waals surface area contributed by atoms with Crippen molar-refractivity contribution < 1.29 is 23.0 Å². The second-order valence-electron chi connectivity index (χ2n) is 4.84. The van der Waals surface area contributed by atoms with Gasteiger partial charge in [-0.3, -0.25) is 4.99 Å². The molecule has 0 saturated heterocycles. The van der Waals surface area contributed by atoms with Gasteiger partial charge >= 0.3 is 6.18 Å². The van der Waals surface area contributed by atoms with E-state index in [1.165, 1.54) is 12.1 Å². The van der Waals surface area contributed by atoms with E-state index in [9.17, 15) is 13.2 Å². The van der Waals surface area contributed by atoms with E-state index in [1.54, 1.807) is 12.3 Å². The minimum Gasteiger partial charge on any atom is -0.493 e. The van der Waals surface area contributed by atoms with Gasteiger partial charge in [0.05, 0.1) is 17.7 Å². The highest BCUT2D eigenvalue weighted by Crippen LogP contribution is 2.31. The summed E-state index contributed by atoms with van der Waals surface area (Å²) in [7, 11) is 0. The zero-order chi connectivity index (χ0) is 15.3. The number of benzene rings is 1. The van der Waals surface area contributed by atoms with Crippen molar-refractivity contribution in [1.29, 1.82) is 0 Å². The molecule has 0 aliphatic carbocycles. The highest BCUT2D eigenvalue weighted by Gasteiger charge is 2.31. The molecule has 2 rings (SSSR count). The Morgan fingerprint density at radius 3 is 2.67 bits per heavy atom. The molecule has 0 radical (unpaired) electrons. The van der Waals surface area contributed by atoms with Gasteiger partial charge in [-0.2, -0.15) is 13.2 Å². The van der Waals surface area contributed by atoms with Crippen LogP contribution >= 0.6 is 0 Å². The van der Waals surface area contributed by atoms with Crippen LogP contribution in [-0.4, -0.2) is 30.1 Å². The molecule has 6 heteroatoms. The molecule has 1 N–H and O–H groups in total. The Kier molecular flexibility index (Phi) is 4.67. The first-order valence-electron chi connectivity index (χ1n) is 6.59. The van der Waals surface area contributed by atoms with Gasteiger partial charge in [-0.15, -0.1) is 0 Å². The topological polar surface area (TPSA) is 41.8 Å². The van der Waals surface area contributed by atoms with E-state index in [2.05, 4.69) is 4.99 Å². The minimum absolute atomic E-state index is 0.00869. The predicted octanol–water partition coefficient (Wildman–Crippen LogP) is 3.24. The van der Waals surface area contributed by atoms with E-state index in [-0.39, 0.29) is 19.0 Å². The molecule has 0 bridgehead atoms. The summed E-state index contributed by atoms with van der Waals surface area (Å²) in [5.41, 5.74) is -1.24. The number of alkyl halides is 3. The maximum absolute atomic E-state index is 12.6. The van der Waals surface area contributed by atoms with Gasteiger partial charge in [0.1, 0.15) is 5.75 Å². The summed E-state index contributed by atoms with van der Waals surface area (Å²) in [6, 6.07) is 4.79. The normalized spacial score (nSPS) is 21.0. The number of hydrogen-bond donors (Lipinski definition) is 1. The summed E-state index contributed by atoms with van der Waals surface area (Å²) < 4.78 is 43.1. The fourth-order valence-electron chi connectivity index (χ4n) is 2.18. The maximum atomic E-state index is 12.6. The van der Waals surface area contributed by atoms with Crippen molar-refractivity contribution in [2.24, 2.45) is 4.99 Å². The van der Waals surface area contributed by atoms with Crippen molar-refractivity contribution in [2.45, 2.75) is 24.6 Å². The third-order valence-corrected chi connectivity index (χ3v) is 3.33. The molecule has 1 atom stereocenters. The van der Waals surface area contributed by atoms with Crippen molar-refractivity contribution in [1.82, 2.24) is 0 Å². The van der Waals surface area contributed by atoms with Gasteiger partial charge in [0.15, 0.2) is 0 Å². The monoisotopic (exact) mass is 299 g/mol. The highest BCUT2D eigenvalue weighted by atomic mass is 19.4. The van der Waals surface area contributed by atoms with Crippen molar-refractivity contribution in [3.63, 3.8) is 0 Å². The molecular formula is C15H16F3NO2. The van der Waals surface area contributed by atoms with Gasteiger partial charge in [0, 0.05) is 19.2 Å². The molecule has 1 heterocycles. The Balaban J connectivity index is 1.94. The summed E-state index contributed by atoms with van der Waals surface area (Å²) in [6.45, 7) is 0.216. The molecule has 1 unspecified atom stereocenters. The maximum Gasteiger partial charge on any atom is 0.416 e. The second kappa shape index (κ2) is 6.30. The quantitative estimate of drug-likeness (QED) is 0.876. The molecule has 1 aliphatic rings. The Morgan fingerprint density at radius 1 is 1.24 bits per heavy atom. The molecule has 3 nitrogen and oxygen atoms in total. The smallest absolute Gasteiger partial charge is 0.416 e. The van der Waals surface area contributed by atoms with Crippen molar-refractivity contribution in [3.05, 3.63) is 42.0 Å². The fourth-order valence-corrected chi connectivity index (χ4v) is 2.18. The molecule has 0 saturated carbocycles. The van der Waals surface area contributed by atoms with Crippen LogP contribution in [-0.2, 0) is 6.18 Å². The Bertz CT molecular complexity index is 526. The number of ether oxygens (including phenoxy) is 1. The van der Waals surface area contributed by atoms with Crippen LogP contribution in [0.25, 0.3) is 0 Å². The molecule has 21 heavy (non-hydrogen) atoms. The van der Waals surface area contributed by atoms with Crippen molar-refractivity contribution >= 4 is 6.21 Å². The first kappa shape index (κ1) is 15.6. The molecule has 0 aromatic heterocycles. The number of aliphatic imine (C=N–C) groups is 1. The number of allylic oxidation sites excluding steroid dienone is 1. The fraction of sp³-hybridized carbons (Fsp3) is 0.400. The lowest BCUT2D eigenvalue weighted by molar-refractivity contribution is -0.137. The molecule has 0 spiro atoms. The van der Waals surface area contributed by atoms with Gasteiger partial charge in [0.25, 0.3) is 0 Å². The lowest BCUT2D eigenvalue weighted by Gasteiger charge is -2.23. The molecular weight excluding hydrogens is 283 g/mol. The number of nitrogens with zero attached hydrogens (tertiary/aromatic N) is 1. The third kappa shape index (κ3) is 4.07. The van der Waals surface area contributed by atoms with Crippen molar-refractivity contribution in [2.75, 3.05) is 13.2 Å². The van der Waals surface area contributed by atoms with Crippen LogP contribution in [0.3, 0.4) is 0 Å². The van der Waals surface area contributed by atoms with Crippen LogP contribution in [0.4, 0.5) is 13.2 Å². The lowest BCUT2D eigenvalue weighted by atomic mass is 9.93. The first-order valence-corrected chi connectivity index (χ1v) is 6.59. The summed E-state index contributed by atoms with van der Waals surface area (Å²) >= 11 is 0. The Morgan fingerprint density at radius 2 is 2.05 bits per heavy atom. The van der Waals surface area contributed by atoms with E-state index < -0.39 is 17.3 Å². The molecule has 114 valence electrons. The van der Waals surface area contributed by atoms with E-state index in [0.29, 0.717) is 12.8 Å². The minimum atomic E-state index is -4.38. The average molecular weight is 299 g/mol. The number of aliphatic hydroxyl groups excluding tert-OH is 1. The van der Waals surface area contributed by atoms with Gasteiger partial charge < -0.3 is 9.84 Å².